The molecule has 0 aliphatic rings. The Morgan fingerprint density at radius 2 is 1.51 bits per heavy atom. The number of aliphatic hydroxyl groups is 1. The largest absolute Gasteiger partial charge is 0.508 e. The third-order valence-corrected chi connectivity index (χ3v) is 7.89. The molecule has 0 saturated carbocycles. The fourth-order valence-electron chi connectivity index (χ4n) is 5.25. The Morgan fingerprint density at radius 1 is 0.854 bits per heavy atom. The second-order valence-electron chi connectivity index (χ2n) is 11.2. The Balaban J connectivity index is 1.68. The number of nitrogens with one attached hydrogen (secondary N) is 2. The highest BCUT2D eigenvalue weighted by molar-refractivity contribution is 7.92. The van der Waals surface area contributed by atoms with Gasteiger partial charge in [0.05, 0.1) is 18.0 Å². The van der Waals surface area contributed by atoms with Crippen molar-refractivity contribution in [3.8, 4) is 11.5 Å². The van der Waals surface area contributed by atoms with Crippen LogP contribution in [0, 0.1) is 0 Å². The Labute approximate surface area is 245 Å². The standard InChI is InChI=1S/C32H45N3O5S/c1-22(2)35(23(3)4)18-16-27(25-9-7-6-8-10-25)28-19-24(11-13-30(28)36)15-17-33-21-32(38)26-12-14-31(37)29(20-26)34-41(5,39)40/h6-14,19-20,22-23,27,32-34,36-38H,15-18,21H2,1-5H3/t27-,32+/m1/s1. The Kier molecular flexibility index (Phi) is 11.6. The first-order valence-electron chi connectivity index (χ1n) is 14.2. The molecule has 0 unspecified atom stereocenters. The van der Waals surface area contributed by atoms with Crippen LogP contribution in [0.1, 0.15) is 68.4 Å². The summed E-state index contributed by atoms with van der Waals surface area (Å²) in [4.78, 5) is 2.47. The Hall–Kier alpha value is -3.11. The van der Waals surface area contributed by atoms with Crippen LogP contribution in [0.25, 0.3) is 0 Å². The lowest BCUT2D eigenvalue weighted by molar-refractivity contribution is 0.170. The number of nitrogens with zero attached hydrogens (tertiary/aromatic N) is 1. The van der Waals surface area contributed by atoms with Gasteiger partial charge in [-0.05, 0) is 88.5 Å². The van der Waals surface area contributed by atoms with Crippen LogP contribution < -0.4 is 10.0 Å². The van der Waals surface area contributed by atoms with Crippen LogP contribution in [-0.2, 0) is 16.4 Å². The summed E-state index contributed by atoms with van der Waals surface area (Å²) in [6, 6.07) is 21.3. The van der Waals surface area contributed by atoms with Gasteiger partial charge < -0.3 is 20.6 Å². The zero-order chi connectivity index (χ0) is 30.2. The minimum atomic E-state index is -3.57. The highest BCUT2D eigenvalue weighted by Crippen LogP contribution is 2.35. The number of aliphatic hydroxyl groups excluding tert-OH is 1. The normalized spacial score (nSPS) is 13.6. The monoisotopic (exact) mass is 583 g/mol. The van der Waals surface area contributed by atoms with E-state index in [1.807, 2.05) is 24.3 Å². The van der Waals surface area contributed by atoms with E-state index in [-0.39, 0.29) is 29.6 Å². The quantitative estimate of drug-likeness (QED) is 0.126. The molecule has 0 spiro atoms. The predicted molar refractivity (Wildman–Crippen MR) is 166 cm³/mol. The van der Waals surface area contributed by atoms with E-state index in [0.29, 0.717) is 30.6 Å². The number of anilines is 1. The van der Waals surface area contributed by atoms with Crippen LogP contribution >= 0.6 is 0 Å². The molecule has 3 aromatic rings. The first kappa shape index (κ1) is 32.4. The van der Waals surface area contributed by atoms with Gasteiger partial charge in [-0.25, -0.2) is 8.42 Å². The van der Waals surface area contributed by atoms with Crippen LogP contribution in [0.5, 0.6) is 11.5 Å². The van der Waals surface area contributed by atoms with Crippen molar-refractivity contribution in [3.63, 3.8) is 0 Å². The van der Waals surface area contributed by atoms with Crippen molar-refractivity contribution in [2.45, 2.75) is 64.6 Å². The molecule has 0 radical (unpaired) electrons. The summed E-state index contributed by atoms with van der Waals surface area (Å²) in [5.41, 5.74) is 3.67. The van der Waals surface area contributed by atoms with E-state index < -0.39 is 16.1 Å². The van der Waals surface area contributed by atoms with E-state index in [2.05, 4.69) is 60.8 Å². The molecule has 0 aromatic heterocycles. The Morgan fingerprint density at radius 3 is 2.15 bits per heavy atom. The van der Waals surface area contributed by atoms with Crippen LogP contribution in [-0.4, -0.2) is 66.6 Å². The van der Waals surface area contributed by atoms with Gasteiger partial charge in [0.15, 0.2) is 0 Å². The van der Waals surface area contributed by atoms with E-state index >= 15 is 0 Å². The fourth-order valence-corrected chi connectivity index (χ4v) is 5.81. The summed E-state index contributed by atoms with van der Waals surface area (Å²) in [7, 11) is -3.57. The average Bonchev–Trinajstić information content (AvgIpc) is 2.90. The number of hydrogen-bond donors (Lipinski definition) is 5. The number of rotatable bonds is 15. The van der Waals surface area contributed by atoms with E-state index in [1.165, 1.54) is 17.7 Å². The smallest absolute Gasteiger partial charge is 0.229 e. The minimum Gasteiger partial charge on any atom is -0.508 e. The van der Waals surface area contributed by atoms with Gasteiger partial charge in [0.2, 0.25) is 10.0 Å². The van der Waals surface area contributed by atoms with Gasteiger partial charge >= 0.3 is 0 Å². The number of sulfonamides is 1. The molecule has 2 atom stereocenters. The van der Waals surface area contributed by atoms with E-state index in [0.717, 1.165) is 30.3 Å². The Bertz CT molecular complexity index is 1360. The van der Waals surface area contributed by atoms with Gasteiger partial charge in [-0.1, -0.05) is 48.5 Å². The molecular formula is C32H45N3O5S. The van der Waals surface area contributed by atoms with Gasteiger partial charge in [0.1, 0.15) is 11.5 Å². The van der Waals surface area contributed by atoms with Crippen molar-refractivity contribution in [1.29, 1.82) is 0 Å². The highest BCUT2D eigenvalue weighted by Gasteiger charge is 2.22. The number of phenolic OH excluding ortho intramolecular Hbond substituents is 2. The topological polar surface area (TPSA) is 122 Å². The lowest BCUT2D eigenvalue weighted by Crippen LogP contribution is -2.38. The summed E-state index contributed by atoms with van der Waals surface area (Å²) in [5.74, 6) is 0.130. The highest BCUT2D eigenvalue weighted by atomic mass is 32.2. The molecule has 0 heterocycles. The minimum absolute atomic E-state index is 0.0264. The van der Waals surface area contributed by atoms with Gasteiger partial charge in [0.25, 0.3) is 0 Å². The van der Waals surface area contributed by atoms with E-state index in [1.54, 1.807) is 12.1 Å². The number of aromatic hydroxyl groups is 2. The van der Waals surface area contributed by atoms with Crippen molar-refractivity contribution in [2.75, 3.05) is 30.6 Å². The molecule has 3 rings (SSSR count). The molecule has 0 aliphatic carbocycles. The van der Waals surface area contributed by atoms with Gasteiger partial charge in [0, 0.05) is 30.1 Å². The van der Waals surface area contributed by atoms with Crippen molar-refractivity contribution in [2.24, 2.45) is 0 Å². The van der Waals surface area contributed by atoms with E-state index in [9.17, 15) is 23.7 Å². The van der Waals surface area contributed by atoms with Crippen LogP contribution in [0.2, 0.25) is 0 Å². The van der Waals surface area contributed by atoms with E-state index in [4.69, 9.17) is 0 Å². The second kappa shape index (κ2) is 14.7. The molecule has 224 valence electrons. The fraction of sp³-hybridized carbons (Fsp3) is 0.438. The maximum Gasteiger partial charge on any atom is 0.229 e. The molecule has 9 heteroatoms. The zero-order valence-electron chi connectivity index (χ0n) is 24.7. The van der Waals surface area contributed by atoms with Crippen LogP contribution in [0.3, 0.4) is 0 Å². The number of benzene rings is 3. The summed E-state index contributed by atoms with van der Waals surface area (Å²) < 4.78 is 25.4. The van der Waals surface area contributed by atoms with Gasteiger partial charge in [-0.3, -0.25) is 9.62 Å². The predicted octanol–water partition coefficient (Wildman–Crippen LogP) is 4.98. The number of phenols is 2. The SMILES string of the molecule is CC(C)N(CC[C@H](c1ccccc1)c1cc(CCNC[C@H](O)c2ccc(O)c(NS(C)(=O)=O)c2)ccc1O)C(C)C. The molecule has 0 fully saturated rings. The molecule has 0 aliphatic heterocycles. The molecular weight excluding hydrogens is 538 g/mol. The molecule has 5 N–H and O–H groups in total. The van der Waals surface area contributed by atoms with Gasteiger partial charge in [-0.15, -0.1) is 0 Å². The number of hydrogen-bond acceptors (Lipinski definition) is 7. The van der Waals surface area contributed by atoms with Crippen molar-refractivity contribution < 1.29 is 23.7 Å². The van der Waals surface area contributed by atoms with Crippen LogP contribution in [0.4, 0.5) is 5.69 Å². The average molecular weight is 584 g/mol. The molecule has 0 amide bonds. The third-order valence-electron chi connectivity index (χ3n) is 7.30. The maximum absolute atomic E-state index is 11.6. The van der Waals surface area contributed by atoms with Crippen molar-refractivity contribution in [1.82, 2.24) is 10.2 Å². The maximum atomic E-state index is 11.6. The lowest BCUT2D eigenvalue weighted by atomic mass is 9.86. The molecule has 41 heavy (non-hydrogen) atoms. The molecule has 3 aromatic carbocycles. The summed E-state index contributed by atoms with van der Waals surface area (Å²) in [6.07, 6.45) is 1.69. The summed E-state index contributed by atoms with van der Waals surface area (Å²) in [6.45, 7) is 10.6. The third kappa shape index (κ3) is 9.74. The first-order chi connectivity index (χ1) is 19.4. The zero-order valence-corrected chi connectivity index (χ0v) is 25.5. The lowest BCUT2D eigenvalue weighted by Gasteiger charge is -2.32. The van der Waals surface area contributed by atoms with Crippen molar-refractivity contribution in [3.05, 3.63) is 89.0 Å². The second-order valence-corrected chi connectivity index (χ2v) is 12.9. The van der Waals surface area contributed by atoms with Crippen LogP contribution in [0.15, 0.2) is 66.7 Å². The molecule has 0 bridgehead atoms. The first-order valence-corrected chi connectivity index (χ1v) is 16.1. The summed E-state index contributed by atoms with van der Waals surface area (Å²) >= 11 is 0. The van der Waals surface area contributed by atoms with Gasteiger partial charge in [-0.2, -0.15) is 0 Å². The molecule has 8 nitrogen and oxygen atoms in total. The molecule has 0 saturated heterocycles. The van der Waals surface area contributed by atoms with Crippen molar-refractivity contribution >= 4 is 15.7 Å². The summed E-state index contributed by atoms with van der Waals surface area (Å²) in [5, 5.41) is 34.7.